The van der Waals surface area contributed by atoms with Crippen LogP contribution in [0.1, 0.15) is 43.2 Å². The molecule has 0 unspecified atom stereocenters. The van der Waals surface area contributed by atoms with Crippen molar-refractivity contribution in [2.75, 3.05) is 7.11 Å². The fourth-order valence-corrected chi connectivity index (χ4v) is 3.21. The summed E-state index contributed by atoms with van der Waals surface area (Å²) in [6.45, 7) is 5.20. The Bertz CT molecular complexity index is 622. The molecule has 1 fully saturated rings. The highest BCUT2D eigenvalue weighted by Crippen LogP contribution is 2.44. The Labute approximate surface area is 128 Å². The van der Waals surface area contributed by atoms with Crippen molar-refractivity contribution in [1.82, 2.24) is 20.3 Å². The van der Waals surface area contributed by atoms with Crippen molar-refractivity contribution in [3.8, 4) is 16.6 Å². The third-order valence-corrected chi connectivity index (χ3v) is 4.53. The Balaban J connectivity index is 1.89. The molecule has 0 aromatic carbocycles. The van der Waals surface area contributed by atoms with Crippen molar-refractivity contribution in [3.05, 3.63) is 23.0 Å². The van der Waals surface area contributed by atoms with Gasteiger partial charge >= 0.3 is 0 Å². The molecule has 0 spiro atoms. The van der Waals surface area contributed by atoms with E-state index < -0.39 is 0 Å². The normalized spacial score (nSPS) is 14.7. The summed E-state index contributed by atoms with van der Waals surface area (Å²) in [5, 5.41) is 4.44. The van der Waals surface area contributed by atoms with Crippen LogP contribution in [0.2, 0.25) is 0 Å². The molecule has 2 aromatic rings. The minimum atomic E-state index is 0.474. The number of ether oxygens (including phenoxy) is 1. The van der Waals surface area contributed by atoms with Gasteiger partial charge in [-0.25, -0.2) is 15.0 Å². The van der Waals surface area contributed by atoms with Gasteiger partial charge in [0.15, 0.2) is 0 Å². The van der Waals surface area contributed by atoms with Gasteiger partial charge in [-0.3, -0.25) is 0 Å². The molecule has 1 saturated carbocycles. The smallest absolute Gasteiger partial charge is 0.216 e. The standard InChI is InChI=1S/C15H20N4OS/c1-9(2)16-7-12-14(10-4-5-10)19-15(21-12)11-6-13(20-3)18-8-17-11/h6,8-10,16H,4-5,7H2,1-3H3. The van der Waals surface area contributed by atoms with E-state index in [4.69, 9.17) is 9.72 Å². The third kappa shape index (κ3) is 3.39. The second kappa shape index (κ2) is 6.07. The number of thiazole rings is 1. The second-order valence-electron chi connectivity index (χ2n) is 5.58. The number of hydrogen-bond donors (Lipinski definition) is 1. The van der Waals surface area contributed by atoms with E-state index in [0.717, 1.165) is 17.2 Å². The molecule has 2 heterocycles. The van der Waals surface area contributed by atoms with Crippen LogP contribution in [0.25, 0.3) is 10.7 Å². The van der Waals surface area contributed by atoms with E-state index in [9.17, 15) is 0 Å². The van der Waals surface area contributed by atoms with Gasteiger partial charge in [0.25, 0.3) is 0 Å². The van der Waals surface area contributed by atoms with Crippen molar-refractivity contribution in [2.45, 2.75) is 45.2 Å². The summed E-state index contributed by atoms with van der Waals surface area (Å²) < 4.78 is 5.17. The van der Waals surface area contributed by atoms with Crippen LogP contribution in [0.3, 0.4) is 0 Å². The topological polar surface area (TPSA) is 59.9 Å². The number of rotatable bonds is 6. The molecule has 0 atom stereocenters. The number of methoxy groups -OCH3 is 1. The van der Waals surface area contributed by atoms with Gasteiger partial charge in [0.1, 0.15) is 17.0 Å². The molecule has 1 aliphatic rings. The maximum absolute atomic E-state index is 5.17. The Kier molecular flexibility index (Phi) is 4.17. The van der Waals surface area contributed by atoms with Crippen molar-refractivity contribution in [1.29, 1.82) is 0 Å². The van der Waals surface area contributed by atoms with Crippen LogP contribution < -0.4 is 10.1 Å². The molecular weight excluding hydrogens is 284 g/mol. The zero-order valence-corrected chi connectivity index (χ0v) is 13.4. The molecule has 0 saturated heterocycles. The lowest BCUT2D eigenvalue weighted by Gasteiger charge is -2.07. The average molecular weight is 304 g/mol. The highest BCUT2D eigenvalue weighted by molar-refractivity contribution is 7.15. The first-order valence-electron chi connectivity index (χ1n) is 7.26. The van der Waals surface area contributed by atoms with E-state index in [1.165, 1.54) is 29.7 Å². The predicted octanol–water partition coefficient (Wildman–Crippen LogP) is 2.98. The number of hydrogen-bond acceptors (Lipinski definition) is 6. The lowest BCUT2D eigenvalue weighted by Crippen LogP contribution is -2.21. The maximum atomic E-state index is 5.17. The van der Waals surface area contributed by atoms with E-state index in [1.54, 1.807) is 18.4 Å². The minimum Gasteiger partial charge on any atom is -0.481 e. The maximum Gasteiger partial charge on any atom is 0.216 e. The largest absolute Gasteiger partial charge is 0.481 e. The molecule has 0 radical (unpaired) electrons. The van der Waals surface area contributed by atoms with Crippen LogP contribution in [-0.2, 0) is 6.54 Å². The van der Waals surface area contributed by atoms with Crippen molar-refractivity contribution in [2.24, 2.45) is 0 Å². The summed E-state index contributed by atoms with van der Waals surface area (Å²) in [6, 6.07) is 2.32. The monoisotopic (exact) mass is 304 g/mol. The molecule has 0 bridgehead atoms. The molecule has 3 rings (SSSR count). The summed E-state index contributed by atoms with van der Waals surface area (Å²) in [7, 11) is 1.61. The zero-order chi connectivity index (χ0) is 14.8. The molecule has 0 aliphatic heterocycles. The molecular formula is C15H20N4OS. The number of nitrogens with one attached hydrogen (secondary N) is 1. The second-order valence-corrected chi connectivity index (χ2v) is 6.67. The summed E-state index contributed by atoms with van der Waals surface area (Å²) in [5.41, 5.74) is 2.09. The minimum absolute atomic E-state index is 0.474. The molecule has 6 heteroatoms. The first-order chi connectivity index (χ1) is 10.2. The molecule has 112 valence electrons. The lowest BCUT2D eigenvalue weighted by atomic mass is 10.2. The fourth-order valence-electron chi connectivity index (χ4n) is 2.14. The van der Waals surface area contributed by atoms with Gasteiger partial charge in [0, 0.05) is 29.4 Å². The van der Waals surface area contributed by atoms with E-state index in [2.05, 4.69) is 29.1 Å². The van der Waals surface area contributed by atoms with Crippen LogP contribution in [0.5, 0.6) is 5.88 Å². The summed E-state index contributed by atoms with van der Waals surface area (Å²) >= 11 is 1.72. The Morgan fingerprint density at radius 1 is 1.38 bits per heavy atom. The Hall–Kier alpha value is -1.53. The highest BCUT2D eigenvalue weighted by Gasteiger charge is 2.30. The van der Waals surface area contributed by atoms with Crippen molar-refractivity contribution >= 4 is 11.3 Å². The quantitative estimate of drug-likeness (QED) is 0.889. The van der Waals surface area contributed by atoms with Crippen molar-refractivity contribution < 1.29 is 4.74 Å². The molecule has 21 heavy (non-hydrogen) atoms. The third-order valence-electron chi connectivity index (χ3n) is 3.43. The SMILES string of the molecule is COc1cc(-c2nc(C3CC3)c(CNC(C)C)s2)ncn1. The van der Waals surface area contributed by atoms with Gasteiger partial charge in [0.05, 0.1) is 12.8 Å². The van der Waals surface area contributed by atoms with Crippen LogP contribution in [0.15, 0.2) is 12.4 Å². The van der Waals surface area contributed by atoms with Crippen LogP contribution in [-0.4, -0.2) is 28.1 Å². The number of aromatic nitrogens is 3. The first kappa shape index (κ1) is 14.4. The molecule has 2 aromatic heterocycles. The van der Waals surface area contributed by atoms with E-state index in [-0.39, 0.29) is 0 Å². The summed E-state index contributed by atoms with van der Waals surface area (Å²) in [4.78, 5) is 14.5. The Morgan fingerprint density at radius 2 is 2.19 bits per heavy atom. The van der Waals surface area contributed by atoms with Crippen molar-refractivity contribution in [3.63, 3.8) is 0 Å². The summed E-state index contributed by atoms with van der Waals surface area (Å²) in [6.07, 6.45) is 4.04. The Morgan fingerprint density at radius 3 is 2.86 bits per heavy atom. The fraction of sp³-hybridized carbons (Fsp3) is 0.533. The van der Waals surface area contributed by atoms with Gasteiger partial charge < -0.3 is 10.1 Å². The summed E-state index contributed by atoms with van der Waals surface area (Å²) in [5.74, 6) is 1.22. The predicted molar refractivity (Wildman–Crippen MR) is 83.6 cm³/mol. The van der Waals surface area contributed by atoms with E-state index >= 15 is 0 Å². The van der Waals surface area contributed by atoms with Gasteiger partial charge in [-0.1, -0.05) is 13.8 Å². The first-order valence-corrected chi connectivity index (χ1v) is 8.08. The average Bonchev–Trinajstić information content (AvgIpc) is 3.25. The van der Waals surface area contributed by atoms with Gasteiger partial charge in [-0.15, -0.1) is 11.3 Å². The molecule has 0 amide bonds. The van der Waals surface area contributed by atoms with Crippen LogP contribution in [0, 0.1) is 0 Å². The van der Waals surface area contributed by atoms with E-state index in [1.807, 2.05) is 6.07 Å². The number of nitrogens with zero attached hydrogens (tertiary/aromatic N) is 3. The molecule has 1 aliphatic carbocycles. The lowest BCUT2D eigenvalue weighted by molar-refractivity contribution is 0.397. The van der Waals surface area contributed by atoms with Gasteiger partial charge in [0.2, 0.25) is 5.88 Å². The molecule has 1 N–H and O–H groups in total. The molecule has 5 nitrogen and oxygen atoms in total. The van der Waals surface area contributed by atoms with Crippen LogP contribution >= 0.6 is 11.3 Å². The van der Waals surface area contributed by atoms with Gasteiger partial charge in [-0.05, 0) is 12.8 Å². The highest BCUT2D eigenvalue weighted by atomic mass is 32.1. The van der Waals surface area contributed by atoms with Crippen LogP contribution in [0.4, 0.5) is 0 Å². The zero-order valence-electron chi connectivity index (χ0n) is 12.6. The van der Waals surface area contributed by atoms with E-state index in [0.29, 0.717) is 17.8 Å². The van der Waals surface area contributed by atoms with Gasteiger partial charge in [-0.2, -0.15) is 0 Å².